The molecule has 0 saturated heterocycles. The van der Waals surface area contributed by atoms with Crippen LogP contribution in [0.4, 0.5) is 5.69 Å². The smallest absolute Gasteiger partial charge is 0.303 e. The largest absolute Gasteiger partial charge is 0.450 e. The zero-order chi connectivity index (χ0) is 27.8. The summed E-state index contributed by atoms with van der Waals surface area (Å²) in [5, 5.41) is 4.22. The first-order valence-corrected chi connectivity index (χ1v) is 12.7. The predicted octanol–water partition coefficient (Wildman–Crippen LogP) is 5.60. The van der Waals surface area contributed by atoms with Crippen LogP contribution in [-0.4, -0.2) is 36.1 Å². The third-order valence-corrected chi connectivity index (χ3v) is 6.54. The van der Waals surface area contributed by atoms with E-state index in [0.717, 1.165) is 11.0 Å². The van der Waals surface area contributed by atoms with E-state index < -0.39 is 17.5 Å². The minimum Gasteiger partial charge on any atom is -0.450 e. The molecule has 4 aromatic rings. The third-order valence-electron chi connectivity index (χ3n) is 5.98. The second-order valence-electron chi connectivity index (χ2n) is 9.37. The van der Waals surface area contributed by atoms with Gasteiger partial charge >= 0.3 is 5.97 Å². The minimum absolute atomic E-state index is 0.0452. The number of carbonyl (C=O) groups is 3. The van der Waals surface area contributed by atoms with Crippen LogP contribution in [0.3, 0.4) is 0 Å². The van der Waals surface area contributed by atoms with Crippen LogP contribution < -0.4 is 10.8 Å². The van der Waals surface area contributed by atoms with Gasteiger partial charge in [0.05, 0.1) is 11.1 Å². The van der Waals surface area contributed by atoms with Gasteiger partial charge in [0, 0.05) is 34.5 Å². The van der Waals surface area contributed by atoms with Gasteiger partial charge in [-0.25, -0.2) is 4.98 Å². The van der Waals surface area contributed by atoms with E-state index in [1.54, 1.807) is 25.1 Å². The number of Topliss-reactive ketones (excluding diaryl/α,β-unsaturated/α-hetero) is 1. The molecule has 4 rings (SSSR count). The fraction of sp³-hybridized carbons (Fsp3) is 0.214. The molecule has 0 saturated carbocycles. The van der Waals surface area contributed by atoms with Gasteiger partial charge in [-0.2, -0.15) is 0 Å². The average molecular weight is 551 g/mol. The Morgan fingerprint density at radius 3 is 2.34 bits per heavy atom. The summed E-state index contributed by atoms with van der Waals surface area (Å²) in [6, 6.07) is 14.6. The zero-order valence-electron chi connectivity index (χ0n) is 21.6. The highest BCUT2D eigenvalue weighted by molar-refractivity contribution is 6.38. The van der Waals surface area contributed by atoms with Crippen LogP contribution in [0, 0.1) is 0 Å². The van der Waals surface area contributed by atoms with Crippen LogP contribution in [-0.2, 0) is 14.3 Å². The number of pyridine rings is 1. The van der Waals surface area contributed by atoms with E-state index in [0.29, 0.717) is 32.3 Å². The number of amides is 1. The number of ketones is 1. The topological polar surface area (TPSA) is 98.5 Å². The Morgan fingerprint density at radius 2 is 1.74 bits per heavy atom. The first-order valence-electron chi connectivity index (χ1n) is 12.0. The Labute approximate surface area is 230 Å². The maximum absolute atomic E-state index is 13.1. The van der Waals surface area contributed by atoms with Crippen LogP contribution >= 0.6 is 23.2 Å². The number of fused-ring (bicyclic) bond motifs is 1. The van der Waals surface area contributed by atoms with Gasteiger partial charge in [-0.15, -0.1) is 0 Å². The lowest BCUT2D eigenvalue weighted by Gasteiger charge is -2.23. The van der Waals surface area contributed by atoms with E-state index in [-0.39, 0.29) is 29.4 Å². The van der Waals surface area contributed by atoms with Gasteiger partial charge in [0.15, 0.2) is 17.1 Å². The summed E-state index contributed by atoms with van der Waals surface area (Å²) in [4.78, 5) is 42.3. The van der Waals surface area contributed by atoms with E-state index in [9.17, 15) is 14.4 Å². The first-order chi connectivity index (χ1) is 17.9. The number of nitrogens with zero attached hydrogens (tertiary/aromatic N) is 1. The molecular weight excluding hydrogens is 526 g/mol. The SMILES string of the molecule is Bc1ccc(-c2nc3oc(C(=O)CC)c(NC(=O)C(C)(C)OC(C)=O)c3cc2-c2ccc(Cl)cc2)c(Cl)c1. The molecule has 0 radical (unpaired) electrons. The molecule has 0 atom stereocenters. The van der Waals surface area contributed by atoms with Gasteiger partial charge in [-0.05, 0) is 43.7 Å². The van der Waals surface area contributed by atoms with E-state index in [1.165, 1.54) is 20.8 Å². The van der Waals surface area contributed by atoms with E-state index >= 15 is 0 Å². The molecule has 38 heavy (non-hydrogen) atoms. The number of ether oxygens (including phenoxy) is 1. The molecule has 0 spiro atoms. The molecule has 1 N–H and O–H groups in total. The lowest BCUT2D eigenvalue weighted by Crippen LogP contribution is -2.41. The molecule has 194 valence electrons. The molecule has 0 bridgehead atoms. The van der Waals surface area contributed by atoms with Gasteiger partial charge in [-0.1, -0.05) is 59.9 Å². The van der Waals surface area contributed by atoms with Crippen LogP contribution in [0.5, 0.6) is 0 Å². The van der Waals surface area contributed by atoms with Crippen molar-refractivity contribution in [3.8, 4) is 22.4 Å². The van der Waals surface area contributed by atoms with Crippen LogP contribution in [0.2, 0.25) is 10.0 Å². The Hall–Kier alpha value is -3.62. The summed E-state index contributed by atoms with van der Waals surface area (Å²) in [6.07, 6.45) is 0.136. The van der Waals surface area contributed by atoms with Crippen LogP contribution in [0.15, 0.2) is 52.9 Å². The van der Waals surface area contributed by atoms with Gasteiger partial charge in [0.2, 0.25) is 5.71 Å². The molecule has 0 aliphatic heterocycles. The average Bonchev–Trinajstić information content (AvgIpc) is 3.19. The number of anilines is 1. The summed E-state index contributed by atoms with van der Waals surface area (Å²) in [5.74, 6) is -1.61. The van der Waals surface area contributed by atoms with Crippen molar-refractivity contribution in [2.24, 2.45) is 0 Å². The van der Waals surface area contributed by atoms with Crippen LogP contribution in [0.1, 0.15) is 44.7 Å². The highest BCUT2D eigenvalue weighted by atomic mass is 35.5. The number of halogens is 2. The Balaban J connectivity index is 1.99. The summed E-state index contributed by atoms with van der Waals surface area (Å²) in [6.45, 7) is 5.83. The molecule has 2 aromatic carbocycles. The molecule has 2 heterocycles. The number of esters is 1. The second kappa shape index (κ2) is 10.6. The minimum atomic E-state index is -1.50. The first kappa shape index (κ1) is 27.4. The van der Waals surface area contributed by atoms with Crippen molar-refractivity contribution in [2.75, 3.05) is 5.32 Å². The summed E-state index contributed by atoms with van der Waals surface area (Å²) in [5.41, 5.74) is 2.47. The van der Waals surface area contributed by atoms with Crippen LogP contribution in [0.25, 0.3) is 33.5 Å². The number of aromatic nitrogens is 1. The summed E-state index contributed by atoms with van der Waals surface area (Å²) >= 11 is 12.8. The Kier molecular flexibility index (Phi) is 7.67. The molecule has 0 aliphatic carbocycles. The van der Waals surface area contributed by atoms with Gasteiger partial charge in [-0.3, -0.25) is 14.4 Å². The quantitative estimate of drug-likeness (QED) is 0.183. The van der Waals surface area contributed by atoms with Crippen molar-refractivity contribution in [3.63, 3.8) is 0 Å². The predicted molar refractivity (Wildman–Crippen MR) is 152 cm³/mol. The molecular formula is C28H25BCl2N2O5. The zero-order valence-corrected chi connectivity index (χ0v) is 23.1. The third kappa shape index (κ3) is 5.47. The fourth-order valence-electron chi connectivity index (χ4n) is 4.04. The van der Waals surface area contributed by atoms with Gasteiger partial charge in [0.25, 0.3) is 5.91 Å². The molecule has 10 heteroatoms. The Bertz CT molecular complexity index is 1580. The molecule has 0 aliphatic rings. The van der Waals surface area contributed by atoms with Gasteiger partial charge < -0.3 is 14.5 Å². The number of hydrogen-bond donors (Lipinski definition) is 1. The van der Waals surface area contributed by atoms with Crippen molar-refractivity contribution in [2.45, 2.75) is 39.7 Å². The fourth-order valence-corrected chi connectivity index (χ4v) is 4.49. The van der Waals surface area contributed by atoms with E-state index in [1.807, 2.05) is 38.2 Å². The Morgan fingerprint density at radius 1 is 1.05 bits per heavy atom. The summed E-state index contributed by atoms with van der Waals surface area (Å²) in [7, 11) is 1.94. The lowest BCUT2D eigenvalue weighted by molar-refractivity contribution is -0.160. The van der Waals surface area contributed by atoms with Crippen molar-refractivity contribution < 1.29 is 23.5 Å². The second-order valence-corrected chi connectivity index (χ2v) is 10.2. The number of furan rings is 1. The summed E-state index contributed by atoms with van der Waals surface area (Å²) < 4.78 is 11.1. The standard InChI is InChI=1S/C28H25BCl2N2O5/c1-5-22(35)25-24(33-27(36)28(3,4)38-14(2)34)20-13-19(15-6-9-17(30)10-7-15)23(32-26(20)37-25)18-11-8-16(29)12-21(18)31/h6-13H,5,29H2,1-4H3,(H,33,36). The van der Waals surface area contributed by atoms with Crippen molar-refractivity contribution in [1.82, 2.24) is 4.98 Å². The maximum Gasteiger partial charge on any atom is 0.303 e. The van der Waals surface area contributed by atoms with Crippen molar-refractivity contribution >= 4 is 71.0 Å². The molecule has 7 nitrogen and oxygen atoms in total. The molecule has 0 fully saturated rings. The van der Waals surface area contributed by atoms with Crippen molar-refractivity contribution in [1.29, 1.82) is 0 Å². The molecule has 2 aromatic heterocycles. The van der Waals surface area contributed by atoms with E-state index in [4.69, 9.17) is 37.3 Å². The maximum atomic E-state index is 13.1. The number of carbonyl (C=O) groups excluding carboxylic acids is 3. The molecule has 0 unspecified atom stereocenters. The van der Waals surface area contributed by atoms with Crippen molar-refractivity contribution in [3.05, 3.63) is 64.3 Å². The lowest BCUT2D eigenvalue weighted by atomic mass is 9.92. The van der Waals surface area contributed by atoms with Gasteiger partial charge in [0.1, 0.15) is 13.5 Å². The normalized spacial score (nSPS) is 11.4. The van der Waals surface area contributed by atoms with E-state index in [2.05, 4.69) is 5.32 Å². The highest BCUT2D eigenvalue weighted by Gasteiger charge is 2.34. The number of rotatable bonds is 7. The highest BCUT2D eigenvalue weighted by Crippen LogP contribution is 2.41. The number of benzene rings is 2. The number of hydrogen-bond acceptors (Lipinski definition) is 6. The monoisotopic (exact) mass is 550 g/mol. The molecule has 1 amide bonds. The number of nitrogens with one attached hydrogen (secondary N) is 1.